The molecule has 29 heavy (non-hydrogen) atoms. The van der Waals surface area contributed by atoms with E-state index in [0.29, 0.717) is 0 Å². The van der Waals surface area contributed by atoms with Gasteiger partial charge in [0.2, 0.25) is 10.0 Å². The van der Waals surface area contributed by atoms with Gasteiger partial charge in [0, 0.05) is 12.6 Å². The standard InChI is InChI=1S/C19H18F2N2O5S/c1-12-2-5-15(7-16(12)20)29(26,27)23-9-18(19(25,10-23)11-24)28-14-4-3-13(8-22)17(21)6-14/h2-7,18,24-25H,9-11H2,1H3/t18?,19-/m1/s1. The normalized spacial score (nSPS) is 22.4. The van der Waals surface area contributed by atoms with Gasteiger partial charge in [0.25, 0.3) is 0 Å². The second kappa shape index (κ2) is 7.68. The Morgan fingerprint density at radius 1 is 1.28 bits per heavy atom. The third kappa shape index (κ3) is 3.95. The van der Waals surface area contributed by atoms with Crippen LogP contribution in [0.15, 0.2) is 41.3 Å². The van der Waals surface area contributed by atoms with E-state index in [4.69, 9.17) is 10.00 Å². The molecule has 154 valence electrons. The fraction of sp³-hybridized carbons (Fsp3) is 0.316. The topological polar surface area (TPSA) is 111 Å². The summed E-state index contributed by atoms with van der Waals surface area (Å²) < 4.78 is 59.7. The fourth-order valence-corrected chi connectivity index (χ4v) is 4.53. The molecule has 0 saturated carbocycles. The summed E-state index contributed by atoms with van der Waals surface area (Å²) in [5.41, 5.74) is -1.88. The Balaban J connectivity index is 1.88. The minimum Gasteiger partial charge on any atom is -0.486 e. The SMILES string of the molecule is Cc1ccc(S(=O)(=O)N2CC(Oc3ccc(C#N)c(F)c3)[C@](O)(CO)C2)cc1F. The van der Waals surface area contributed by atoms with Crippen molar-refractivity contribution >= 4 is 10.0 Å². The molecule has 0 radical (unpaired) electrons. The maximum Gasteiger partial charge on any atom is 0.243 e. The molecule has 7 nitrogen and oxygen atoms in total. The van der Waals surface area contributed by atoms with Crippen molar-refractivity contribution in [1.29, 1.82) is 5.26 Å². The van der Waals surface area contributed by atoms with Crippen LogP contribution in [0, 0.1) is 29.9 Å². The van der Waals surface area contributed by atoms with Crippen molar-refractivity contribution in [3.8, 4) is 11.8 Å². The Kier molecular flexibility index (Phi) is 5.60. The molecule has 1 fully saturated rings. The van der Waals surface area contributed by atoms with Crippen LogP contribution in [0.4, 0.5) is 8.78 Å². The number of ether oxygens (including phenoxy) is 1. The van der Waals surface area contributed by atoms with Crippen molar-refractivity contribution in [1.82, 2.24) is 4.31 Å². The number of sulfonamides is 1. The van der Waals surface area contributed by atoms with Crippen molar-refractivity contribution in [2.75, 3.05) is 19.7 Å². The van der Waals surface area contributed by atoms with Gasteiger partial charge in [-0.25, -0.2) is 17.2 Å². The highest BCUT2D eigenvalue weighted by Crippen LogP contribution is 2.31. The molecule has 1 saturated heterocycles. The Morgan fingerprint density at radius 3 is 2.59 bits per heavy atom. The Bertz CT molecular complexity index is 1090. The average Bonchev–Trinajstić information content (AvgIpc) is 3.02. The van der Waals surface area contributed by atoms with E-state index in [9.17, 15) is 27.4 Å². The number of nitriles is 1. The van der Waals surface area contributed by atoms with Crippen LogP contribution in [-0.4, -0.2) is 54.3 Å². The summed E-state index contributed by atoms with van der Waals surface area (Å²) in [6, 6.07) is 8.52. The van der Waals surface area contributed by atoms with E-state index in [0.717, 1.165) is 16.4 Å². The maximum absolute atomic E-state index is 13.8. The molecule has 1 unspecified atom stereocenters. The van der Waals surface area contributed by atoms with Gasteiger partial charge in [0.15, 0.2) is 0 Å². The first-order valence-corrected chi connectivity index (χ1v) is 10.0. The Hall–Kier alpha value is -2.58. The lowest BCUT2D eigenvalue weighted by Gasteiger charge is -2.27. The molecular weight excluding hydrogens is 406 g/mol. The summed E-state index contributed by atoms with van der Waals surface area (Å²) in [5.74, 6) is -1.57. The van der Waals surface area contributed by atoms with Gasteiger partial charge in [0.1, 0.15) is 35.2 Å². The first-order chi connectivity index (χ1) is 13.6. The number of halogens is 2. The van der Waals surface area contributed by atoms with Crippen molar-refractivity contribution < 1.29 is 32.1 Å². The highest BCUT2D eigenvalue weighted by Gasteiger charge is 2.50. The van der Waals surface area contributed by atoms with Crippen LogP contribution in [0.3, 0.4) is 0 Å². The van der Waals surface area contributed by atoms with E-state index < -0.39 is 46.5 Å². The molecule has 0 bridgehead atoms. The van der Waals surface area contributed by atoms with Crippen LogP contribution in [0.25, 0.3) is 0 Å². The monoisotopic (exact) mass is 424 g/mol. The lowest BCUT2D eigenvalue weighted by atomic mass is 10.0. The van der Waals surface area contributed by atoms with Gasteiger partial charge in [-0.2, -0.15) is 9.57 Å². The first-order valence-electron chi connectivity index (χ1n) is 8.56. The second-order valence-corrected chi connectivity index (χ2v) is 8.77. The zero-order valence-electron chi connectivity index (χ0n) is 15.3. The Morgan fingerprint density at radius 2 is 2.00 bits per heavy atom. The van der Waals surface area contributed by atoms with Crippen LogP contribution in [0.1, 0.15) is 11.1 Å². The minimum atomic E-state index is -4.18. The van der Waals surface area contributed by atoms with Crippen molar-refractivity contribution in [3.63, 3.8) is 0 Å². The van der Waals surface area contributed by atoms with Crippen molar-refractivity contribution in [2.24, 2.45) is 0 Å². The summed E-state index contributed by atoms with van der Waals surface area (Å²) in [6.45, 7) is -0.168. The molecule has 2 aromatic rings. The lowest BCUT2D eigenvalue weighted by molar-refractivity contribution is -0.0641. The van der Waals surface area contributed by atoms with E-state index in [2.05, 4.69) is 0 Å². The number of nitrogens with zero attached hydrogens (tertiary/aromatic N) is 2. The molecule has 3 rings (SSSR count). The van der Waals surface area contributed by atoms with E-state index in [-0.39, 0.29) is 28.3 Å². The van der Waals surface area contributed by atoms with Gasteiger partial charge < -0.3 is 14.9 Å². The predicted octanol–water partition coefficient (Wildman–Crippen LogP) is 1.32. The van der Waals surface area contributed by atoms with Gasteiger partial charge in [-0.1, -0.05) is 6.07 Å². The molecule has 2 aromatic carbocycles. The molecule has 1 heterocycles. The summed E-state index contributed by atoms with van der Waals surface area (Å²) in [4.78, 5) is -0.300. The van der Waals surface area contributed by atoms with E-state index in [1.54, 1.807) is 6.07 Å². The van der Waals surface area contributed by atoms with Gasteiger partial charge in [-0.15, -0.1) is 0 Å². The zero-order chi connectivity index (χ0) is 21.4. The highest BCUT2D eigenvalue weighted by atomic mass is 32.2. The van der Waals surface area contributed by atoms with Crippen LogP contribution in [0.2, 0.25) is 0 Å². The molecule has 0 amide bonds. The molecule has 10 heteroatoms. The van der Waals surface area contributed by atoms with E-state index >= 15 is 0 Å². The van der Waals surface area contributed by atoms with Gasteiger partial charge >= 0.3 is 0 Å². The second-order valence-electron chi connectivity index (χ2n) is 6.83. The number of hydrogen-bond acceptors (Lipinski definition) is 6. The van der Waals surface area contributed by atoms with E-state index in [1.807, 2.05) is 0 Å². The molecule has 2 N–H and O–H groups in total. The first kappa shape index (κ1) is 21.1. The van der Waals surface area contributed by atoms with Gasteiger partial charge in [-0.3, -0.25) is 0 Å². The molecule has 1 aliphatic rings. The zero-order valence-corrected chi connectivity index (χ0v) is 16.2. The third-order valence-corrected chi connectivity index (χ3v) is 6.62. The number of β-amino-alcohol motifs (C(OH)–C–C–N with tert-alkyl or cyclic N) is 1. The quantitative estimate of drug-likeness (QED) is 0.749. The maximum atomic E-state index is 13.8. The number of aryl methyl sites for hydroxylation is 1. The summed E-state index contributed by atoms with van der Waals surface area (Å²) >= 11 is 0. The highest BCUT2D eigenvalue weighted by molar-refractivity contribution is 7.89. The van der Waals surface area contributed by atoms with Crippen molar-refractivity contribution in [3.05, 3.63) is 59.2 Å². The number of aliphatic hydroxyl groups excluding tert-OH is 1. The summed E-state index contributed by atoms with van der Waals surface area (Å²) in [7, 11) is -4.18. The smallest absolute Gasteiger partial charge is 0.243 e. The molecule has 1 aliphatic heterocycles. The average molecular weight is 424 g/mol. The van der Waals surface area contributed by atoms with Crippen molar-refractivity contribution in [2.45, 2.75) is 23.5 Å². The molecule has 0 spiro atoms. The predicted molar refractivity (Wildman–Crippen MR) is 97.5 cm³/mol. The third-order valence-electron chi connectivity index (χ3n) is 4.81. The fourth-order valence-electron chi connectivity index (χ4n) is 3.02. The number of benzene rings is 2. The van der Waals surface area contributed by atoms with Crippen LogP contribution < -0.4 is 4.74 Å². The van der Waals surface area contributed by atoms with Crippen LogP contribution in [-0.2, 0) is 10.0 Å². The van der Waals surface area contributed by atoms with Crippen LogP contribution >= 0.6 is 0 Å². The number of hydrogen-bond donors (Lipinski definition) is 2. The largest absolute Gasteiger partial charge is 0.486 e. The van der Waals surface area contributed by atoms with Crippen LogP contribution in [0.5, 0.6) is 5.75 Å². The lowest BCUT2D eigenvalue weighted by Crippen LogP contribution is -2.48. The summed E-state index contributed by atoms with van der Waals surface area (Å²) in [5, 5.41) is 29.1. The van der Waals surface area contributed by atoms with E-state index in [1.165, 1.54) is 31.2 Å². The van der Waals surface area contributed by atoms with Gasteiger partial charge in [0.05, 0.1) is 23.6 Å². The number of rotatable bonds is 5. The molecular formula is C19H18F2N2O5S. The molecule has 0 aliphatic carbocycles. The minimum absolute atomic E-state index is 0.0426. The Labute approximate surface area is 166 Å². The van der Waals surface area contributed by atoms with Gasteiger partial charge in [-0.05, 0) is 36.8 Å². The molecule has 2 atom stereocenters. The molecule has 0 aromatic heterocycles. The summed E-state index contributed by atoms with van der Waals surface area (Å²) in [6.07, 6.45) is -1.22. The number of aliphatic hydroxyl groups is 2.